The van der Waals surface area contributed by atoms with Gasteiger partial charge in [0.15, 0.2) is 5.96 Å². The number of amides is 2. The molecule has 1 aliphatic heterocycles. The molecule has 0 spiro atoms. The van der Waals surface area contributed by atoms with Crippen molar-refractivity contribution < 1.29 is 34.8 Å². The number of carbonyl (C=O) groups is 3. The second kappa shape index (κ2) is 12.2. The van der Waals surface area contributed by atoms with E-state index in [-0.39, 0.29) is 17.9 Å². The highest BCUT2D eigenvalue weighted by Gasteiger charge is 2.23. The number of aliphatic hydroxyl groups excluding tert-OH is 1. The van der Waals surface area contributed by atoms with Crippen LogP contribution in [0, 0.1) is 0 Å². The molecule has 0 saturated heterocycles. The first-order valence-corrected chi connectivity index (χ1v) is 12.5. The Morgan fingerprint density at radius 1 is 1.18 bits per heavy atom. The minimum atomic E-state index is -1.19. The summed E-state index contributed by atoms with van der Waals surface area (Å²) in [5, 5.41) is 50.2. The zero-order valence-corrected chi connectivity index (χ0v) is 22.4. The van der Waals surface area contributed by atoms with E-state index < -0.39 is 48.5 Å². The fourth-order valence-corrected chi connectivity index (χ4v) is 4.18. The molecular weight excluding hydrogens is 562 g/mol. The van der Waals surface area contributed by atoms with E-state index in [0.717, 1.165) is 0 Å². The van der Waals surface area contributed by atoms with Crippen LogP contribution in [-0.2, 0) is 15.2 Å². The molecule has 38 heavy (non-hydrogen) atoms. The topological polar surface area (TPSA) is 193 Å². The van der Waals surface area contributed by atoms with Gasteiger partial charge in [-0.25, -0.2) is 0 Å². The molecule has 1 heterocycles. The Morgan fingerprint density at radius 3 is 2.55 bits per heavy atom. The minimum absolute atomic E-state index is 0.0700. The third-order valence-electron chi connectivity index (χ3n) is 5.56. The first kappa shape index (κ1) is 28.9. The molecule has 8 N–H and O–H groups in total. The van der Waals surface area contributed by atoms with Gasteiger partial charge in [-0.05, 0) is 49.2 Å². The number of benzene rings is 2. The van der Waals surface area contributed by atoms with E-state index in [1.54, 1.807) is 32.0 Å². The van der Waals surface area contributed by atoms with Crippen LogP contribution in [0.15, 0.2) is 45.9 Å². The molecule has 12 nitrogen and oxygen atoms in total. The average Bonchev–Trinajstić information content (AvgIpc) is 2.82. The van der Waals surface area contributed by atoms with Crippen LogP contribution >= 0.6 is 15.9 Å². The van der Waals surface area contributed by atoms with Crippen LogP contribution in [0.4, 0.5) is 5.69 Å². The first-order chi connectivity index (χ1) is 17.8. The molecule has 0 radical (unpaired) electrons. The van der Waals surface area contributed by atoms with Crippen molar-refractivity contribution in [1.82, 2.24) is 16.0 Å². The number of aliphatic imine (C=N–C) groups is 1. The van der Waals surface area contributed by atoms with Gasteiger partial charge in [-0.3, -0.25) is 19.4 Å². The molecule has 13 heteroatoms. The van der Waals surface area contributed by atoms with E-state index in [0.29, 0.717) is 33.8 Å². The predicted molar refractivity (Wildman–Crippen MR) is 143 cm³/mol. The number of carboxylic acid groups (broad SMARTS) is 1. The lowest BCUT2D eigenvalue weighted by Gasteiger charge is -2.23. The molecule has 204 valence electrons. The number of carbonyl (C=O) groups excluding carboxylic acids is 2. The van der Waals surface area contributed by atoms with Crippen molar-refractivity contribution in [2.24, 2.45) is 4.99 Å². The molecule has 1 aliphatic rings. The lowest BCUT2D eigenvalue weighted by atomic mass is 9.93. The number of phenolic OH excluding ortho intramolecular Hbond substituents is 1. The monoisotopic (exact) mass is 591 g/mol. The highest BCUT2D eigenvalue weighted by Crippen LogP contribution is 2.29. The number of guanidine groups is 1. The number of nitrogens with zero attached hydrogens (tertiary/aromatic N) is 1. The van der Waals surface area contributed by atoms with Crippen molar-refractivity contribution in [1.29, 1.82) is 0 Å². The smallest absolute Gasteiger partial charge is 0.305 e. The molecule has 2 amide bonds. The number of halogens is 1. The Labute approximate surface area is 227 Å². The van der Waals surface area contributed by atoms with Crippen molar-refractivity contribution in [2.45, 2.75) is 38.0 Å². The number of anilines is 1. The Kier molecular flexibility index (Phi) is 9.31. The van der Waals surface area contributed by atoms with E-state index in [4.69, 9.17) is 0 Å². The summed E-state index contributed by atoms with van der Waals surface area (Å²) in [7, 11) is 0. The maximum Gasteiger partial charge on any atom is 0.305 e. The summed E-state index contributed by atoms with van der Waals surface area (Å²) in [6, 6.07) is 8.10. The van der Waals surface area contributed by atoms with Crippen molar-refractivity contribution in [2.75, 3.05) is 25.0 Å². The van der Waals surface area contributed by atoms with Crippen molar-refractivity contribution >= 4 is 45.4 Å². The van der Waals surface area contributed by atoms with Crippen LogP contribution in [-0.4, -0.2) is 69.9 Å². The second-order valence-electron chi connectivity index (χ2n) is 9.35. The second-order valence-corrected chi connectivity index (χ2v) is 10.3. The molecule has 0 saturated carbocycles. The minimum Gasteiger partial charge on any atom is -0.508 e. The highest BCUT2D eigenvalue weighted by molar-refractivity contribution is 9.10. The summed E-state index contributed by atoms with van der Waals surface area (Å²) >= 11 is 3.35. The normalized spacial score (nSPS) is 16.0. The van der Waals surface area contributed by atoms with Crippen LogP contribution in [0.1, 0.15) is 47.8 Å². The van der Waals surface area contributed by atoms with Crippen molar-refractivity contribution in [3.63, 3.8) is 0 Å². The van der Waals surface area contributed by atoms with Gasteiger partial charge in [-0.15, -0.1) is 0 Å². The molecule has 3 rings (SSSR count). The van der Waals surface area contributed by atoms with Gasteiger partial charge >= 0.3 is 5.97 Å². The maximum atomic E-state index is 12.7. The maximum absolute atomic E-state index is 12.7. The quantitative estimate of drug-likeness (QED) is 0.211. The van der Waals surface area contributed by atoms with Gasteiger partial charge in [0, 0.05) is 28.3 Å². The zero-order valence-electron chi connectivity index (χ0n) is 20.8. The molecule has 2 aromatic rings. The van der Waals surface area contributed by atoms with Crippen LogP contribution < -0.4 is 21.3 Å². The summed E-state index contributed by atoms with van der Waals surface area (Å²) in [5.41, 5.74) is 0.231. The standard InChI is InChI=1S/C25H30BrN5O7/c1-25(2,38)15-3-13(4-16(26)7-15)20(9-22(35)36)31-21(34)12-27-23(37)14-5-17(8-18(32)6-14)30-24-28-10-19(33)11-29-24/h3-8,19-20,32-33,38H,9-12H2,1-2H3,(H,27,37)(H,31,34)(H,35,36)(H2,28,29,30). The lowest BCUT2D eigenvalue weighted by Crippen LogP contribution is -2.42. The SMILES string of the molecule is CC(C)(O)c1cc(Br)cc(C(CC(=O)O)NC(=O)CNC(=O)c2cc(O)cc(NC3=NCC(O)CN3)c2)c1. The highest BCUT2D eigenvalue weighted by atomic mass is 79.9. The number of carboxylic acids is 1. The van der Waals surface area contributed by atoms with Crippen LogP contribution in [0.25, 0.3) is 0 Å². The molecule has 2 atom stereocenters. The third-order valence-corrected chi connectivity index (χ3v) is 6.02. The van der Waals surface area contributed by atoms with Gasteiger partial charge in [0.2, 0.25) is 5.91 Å². The Morgan fingerprint density at radius 2 is 1.92 bits per heavy atom. The number of aliphatic carboxylic acids is 1. The van der Waals surface area contributed by atoms with Gasteiger partial charge in [0.1, 0.15) is 5.75 Å². The van der Waals surface area contributed by atoms with Crippen molar-refractivity contribution in [3.05, 3.63) is 57.6 Å². The summed E-state index contributed by atoms with van der Waals surface area (Å²) in [6.45, 7) is 3.23. The Bertz CT molecular complexity index is 1250. The van der Waals surface area contributed by atoms with Gasteiger partial charge < -0.3 is 41.7 Å². The molecule has 0 aliphatic carbocycles. The number of hydrogen-bond acceptors (Lipinski definition) is 9. The molecule has 0 fully saturated rings. The van der Waals surface area contributed by atoms with Crippen LogP contribution in [0.2, 0.25) is 0 Å². The molecule has 2 unspecified atom stereocenters. The van der Waals surface area contributed by atoms with E-state index in [1.165, 1.54) is 18.2 Å². The van der Waals surface area contributed by atoms with E-state index >= 15 is 0 Å². The fourth-order valence-electron chi connectivity index (χ4n) is 3.67. The first-order valence-electron chi connectivity index (χ1n) is 11.7. The van der Waals surface area contributed by atoms with Crippen LogP contribution in [0.5, 0.6) is 5.75 Å². The number of β-amino-alcohol motifs (C(OH)–C–C–N with tert-alkyl or cyclic N) is 1. The van der Waals surface area contributed by atoms with Gasteiger partial charge in [-0.2, -0.15) is 0 Å². The summed E-state index contributed by atoms with van der Waals surface area (Å²) in [5.74, 6) is -2.24. The Hall–Kier alpha value is -3.68. The summed E-state index contributed by atoms with van der Waals surface area (Å²) < 4.78 is 0.601. The third kappa shape index (κ3) is 8.43. The fraction of sp³-hybridized carbons (Fsp3) is 0.360. The molecule has 2 aromatic carbocycles. The molecule has 0 bridgehead atoms. The number of rotatable bonds is 9. The predicted octanol–water partition coefficient (Wildman–Crippen LogP) is 1.18. The van der Waals surface area contributed by atoms with E-state index in [9.17, 15) is 34.8 Å². The number of phenols is 1. The van der Waals surface area contributed by atoms with Gasteiger partial charge in [0.25, 0.3) is 5.91 Å². The summed E-state index contributed by atoms with van der Waals surface area (Å²) in [6.07, 6.45) is -1.02. The van der Waals surface area contributed by atoms with E-state index in [1.807, 2.05) is 0 Å². The number of hydrogen-bond donors (Lipinski definition) is 8. The molecular formula is C25H30BrN5O7. The van der Waals surface area contributed by atoms with Crippen molar-refractivity contribution in [3.8, 4) is 5.75 Å². The van der Waals surface area contributed by atoms with E-state index in [2.05, 4.69) is 42.2 Å². The molecule has 0 aromatic heterocycles. The number of aromatic hydroxyl groups is 1. The van der Waals surface area contributed by atoms with Gasteiger partial charge in [0.05, 0.1) is 37.3 Å². The Balaban J connectivity index is 1.67. The number of nitrogens with one attached hydrogen (secondary N) is 4. The largest absolute Gasteiger partial charge is 0.508 e. The summed E-state index contributed by atoms with van der Waals surface area (Å²) in [4.78, 5) is 40.9. The zero-order chi connectivity index (χ0) is 28.0. The number of aliphatic hydroxyl groups is 2. The lowest BCUT2D eigenvalue weighted by molar-refractivity contribution is -0.137. The van der Waals surface area contributed by atoms with Crippen LogP contribution in [0.3, 0.4) is 0 Å². The van der Waals surface area contributed by atoms with Gasteiger partial charge in [-0.1, -0.05) is 22.0 Å². The average molecular weight is 592 g/mol.